The molecule has 130 valence electrons. The summed E-state index contributed by atoms with van der Waals surface area (Å²) in [6.45, 7) is 1.28. The molecule has 0 unspecified atom stereocenters. The van der Waals surface area contributed by atoms with Gasteiger partial charge in [-0.3, -0.25) is 25.0 Å². The normalized spacial score (nSPS) is 10.5. The molecule has 0 bridgehead atoms. The maximum Gasteiger partial charge on any atom is 0.279 e. The van der Waals surface area contributed by atoms with Crippen LogP contribution in [0.5, 0.6) is 0 Å². The number of nitro benzene ring substituents is 2. The molecule has 1 N–H and O–H groups in total. The summed E-state index contributed by atoms with van der Waals surface area (Å²) in [7, 11) is 0. The van der Waals surface area contributed by atoms with E-state index in [4.69, 9.17) is 0 Å². The van der Waals surface area contributed by atoms with Gasteiger partial charge in [0.1, 0.15) is 5.56 Å². The Hall–Kier alpha value is -3.81. The van der Waals surface area contributed by atoms with Gasteiger partial charge in [-0.25, -0.2) is 0 Å². The number of nitrogens with zero attached hydrogens (tertiary/aromatic N) is 2. The Balaban J connectivity index is 2.05. The Bertz CT molecular complexity index is 1020. The number of anilines is 1. The van der Waals surface area contributed by atoms with Gasteiger partial charge in [-0.1, -0.05) is 36.4 Å². The lowest BCUT2D eigenvalue weighted by atomic mass is 10.1. The highest BCUT2D eigenvalue weighted by Crippen LogP contribution is 2.30. The average molecular weight is 351 g/mol. The molecular formula is C18H13N3O5. The van der Waals surface area contributed by atoms with Crippen molar-refractivity contribution in [2.24, 2.45) is 0 Å². The molecule has 0 radical (unpaired) electrons. The van der Waals surface area contributed by atoms with Gasteiger partial charge in [0.2, 0.25) is 0 Å². The van der Waals surface area contributed by atoms with Gasteiger partial charge in [0, 0.05) is 23.2 Å². The second-order valence-electron chi connectivity index (χ2n) is 5.63. The third kappa shape index (κ3) is 3.07. The first-order valence-electron chi connectivity index (χ1n) is 7.61. The molecular weight excluding hydrogens is 338 g/mol. The number of hydrogen-bond donors (Lipinski definition) is 1. The first kappa shape index (κ1) is 17.0. The number of amides is 1. The maximum atomic E-state index is 12.6. The van der Waals surface area contributed by atoms with Crippen LogP contribution in [0.2, 0.25) is 0 Å². The average Bonchev–Trinajstić information content (AvgIpc) is 2.61. The Morgan fingerprint density at radius 3 is 2.12 bits per heavy atom. The summed E-state index contributed by atoms with van der Waals surface area (Å²) in [5.41, 5.74) is -0.674. The number of nitro groups is 2. The van der Waals surface area contributed by atoms with E-state index in [1.165, 1.54) is 6.92 Å². The second kappa shape index (κ2) is 6.60. The van der Waals surface area contributed by atoms with Crippen LogP contribution in [0.1, 0.15) is 15.9 Å². The molecule has 3 aromatic carbocycles. The van der Waals surface area contributed by atoms with Gasteiger partial charge in [-0.2, -0.15) is 0 Å². The van der Waals surface area contributed by atoms with Gasteiger partial charge in [0.25, 0.3) is 17.3 Å². The summed E-state index contributed by atoms with van der Waals surface area (Å²) in [5.74, 6) is -0.660. The SMILES string of the molecule is Cc1c([N+](=O)[O-])cc(C(=O)Nc2cccc3ccccc23)cc1[N+](=O)[O-]. The van der Waals surface area contributed by atoms with E-state index in [1.807, 2.05) is 30.3 Å². The molecule has 0 aliphatic rings. The van der Waals surface area contributed by atoms with Crippen LogP contribution in [0, 0.1) is 27.2 Å². The highest BCUT2D eigenvalue weighted by molar-refractivity contribution is 6.09. The van der Waals surface area contributed by atoms with Gasteiger partial charge in [0.15, 0.2) is 0 Å². The minimum atomic E-state index is -0.739. The Morgan fingerprint density at radius 2 is 1.50 bits per heavy atom. The maximum absolute atomic E-state index is 12.6. The predicted molar refractivity (Wildman–Crippen MR) is 96.4 cm³/mol. The van der Waals surface area contributed by atoms with Crippen LogP contribution >= 0.6 is 0 Å². The monoisotopic (exact) mass is 351 g/mol. The van der Waals surface area contributed by atoms with Crippen molar-refractivity contribution in [1.82, 2.24) is 0 Å². The van der Waals surface area contributed by atoms with E-state index in [0.717, 1.165) is 22.9 Å². The lowest BCUT2D eigenvalue weighted by Crippen LogP contribution is -2.13. The zero-order valence-electron chi connectivity index (χ0n) is 13.6. The van der Waals surface area contributed by atoms with E-state index in [2.05, 4.69) is 5.32 Å². The fourth-order valence-electron chi connectivity index (χ4n) is 2.72. The van der Waals surface area contributed by atoms with Crippen LogP contribution in [0.15, 0.2) is 54.6 Å². The van der Waals surface area contributed by atoms with E-state index in [-0.39, 0.29) is 11.1 Å². The molecule has 0 spiro atoms. The van der Waals surface area contributed by atoms with Gasteiger partial charge in [-0.15, -0.1) is 0 Å². The third-order valence-electron chi connectivity index (χ3n) is 4.05. The van der Waals surface area contributed by atoms with Gasteiger partial charge in [-0.05, 0) is 18.4 Å². The number of fused-ring (bicyclic) bond motifs is 1. The first-order valence-corrected chi connectivity index (χ1v) is 7.61. The largest absolute Gasteiger partial charge is 0.321 e. The van der Waals surface area contributed by atoms with Crippen molar-refractivity contribution in [3.8, 4) is 0 Å². The molecule has 0 fully saturated rings. The van der Waals surface area contributed by atoms with Crippen molar-refractivity contribution in [2.45, 2.75) is 6.92 Å². The Morgan fingerprint density at radius 1 is 0.923 bits per heavy atom. The summed E-state index contributed by atoms with van der Waals surface area (Å²) < 4.78 is 0. The molecule has 0 atom stereocenters. The molecule has 8 nitrogen and oxygen atoms in total. The Kier molecular flexibility index (Phi) is 4.32. The highest BCUT2D eigenvalue weighted by atomic mass is 16.6. The minimum Gasteiger partial charge on any atom is -0.321 e. The van der Waals surface area contributed by atoms with Gasteiger partial charge >= 0.3 is 0 Å². The van der Waals surface area contributed by atoms with Crippen LogP contribution < -0.4 is 5.32 Å². The molecule has 8 heteroatoms. The van der Waals surface area contributed by atoms with Crippen molar-refractivity contribution in [3.63, 3.8) is 0 Å². The van der Waals surface area contributed by atoms with E-state index in [1.54, 1.807) is 12.1 Å². The number of carbonyl (C=O) groups excluding carboxylic acids is 1. The summed E-state index contributed by atoms with van der Waals surface area (Å²) in [4.78, 5) is 33.4. The van der Waals surface area contributed by atoms with Gasteiger partial charge < -0.3 is 5.32 Å². The summed E-state index contributed by atoms with van der Waals surface area (Å²) in [6, 6.07) is 14.8. The molecule has 3 aromatic rings. The van der Waals surface area contributed by atoms with E-state index < -0.39 is 27.1 Å². The quantitative estimate of drug-likeness (QED) is 0.558. The summed E-state index contributed by atoms with van der Waals surface area (Å²) >= 11 is 0. The van der Waals surface area contributed by atoms with Crippen molar-refractivity contribution in [1.29, 1.82) is 0 Å². The third-order valence-corrected chi connectivity index (χ3v) is 4.05. The molecule has 26 heavy (non-hydrogen) atoms. The second-order valence-corrected chi connectivity index (χ2v) is 5.63. The van der Waals surface area contributed by atoms with Crippen LogP contribution in [-0.4, -0.2) is 15.8 Å². The van der Waals surface area contributed by atoms with Crippen LogP contribution in [0.4, 0.5) is 17.1 Å². The zero-order valence-corrected chi connectivity index (χ0v) is 13.6. The lowest BCUT2D eigenvalue weighted by molar-refractivity contribution is -0.395. The van der Waals surface area contributed by atoms with Crippen molar-refractivity contribution >= 4 is 33.7 Å². The summed E-state index contributed by atoms with van der Waals surface area (Å²) in [6.07, 6.45) is 0. The van der Waals surface area contributed by atoms with Crippen LogP contribution in [0.3, 0.4) is 0 Å². The van der Waals surface area contributed by atoms with E-state index >= 15 is 0 Å². The number of rotatable bonds is 4. The summed E-state index contributed by atoms with van der Waals surface area (Å²) in [5, 5.41) is 26.7. The van der Waals surface area contributed by atoms with Crippen molar-refractivity contribution in [2.75, 3.05) is 5.32 Å². The topological polar surface area (TPSA) is 115 Å². The van der Waals surface area contributed by atoms with Crippen LogP contribution in [-0.2, 0) is 0 Å². The number of hydrogen-bond acceptors (Lipinski definition) is 5. The molecule has 0 aromatic heterocycles. The smallest absolute Gasteiger partial charge is 0.279 e. The molecule has 0 saturated carbocycles. The van der Waals surface area contributed by atoms with Crippen molar-refractivity contribution in [3.05, 3.63) is 86.0 Å². The molecule has 0 aliphatic carbocycles. The minimum absolute atomic E-state index is 0.0956. The molecule has 0 aliphatic heterocycles. The number of carbonyl (C=O) groups is 1. The lowest BCUT2D eigenvalue weighted by Gasteiger charge is -2.09. The fourth-order valence-corrected chi connectivity index (χ4v) is 2.72. The van der Waals surface area contributed by atoms with Crippen molar-refractivity contribution < 1.29 is 14.6 Å². The van der Waals surface area contributed by atoms with Gasteiger partial charge in [0.05, 0.1) is 15.4 Å². The molecule has 3 rings (SSSR count). The Labute approximate surface area is 147 Å². The first-order chi connectivity index (χ1) is 12.4. The standard InChI is InChI=1S/C18H13N3O5/c1-11-16(20(23)24)9-13(10-17(11)21(25)26)18(22)19-15-8-4-6-12-5-2-3-7-14(12)15/h2-10H,1H3,(H,19,22). The van der Waals surface area contributed by atoms with Crippen LogP contribution in [0.25, 0.3) is 10.8 Å². The van der Waals surface area contributed by atoms with E-state index in [0.29, 0.717) is 5.69 Å². The highest BCUT2D eigenvalue weighted by Gasteiger charge is 2.25. The number of nitrogens with one attached hydrogen (secondary N) is 1. The number of benzene rings is 3. The molecule has 0 saturated heterocycles. The molecule has 1 amide bonds. The predicted octanol–water partition coefficient (Wildman–Crippen LogP) is 4.22. The van der Waals surface area contributed by atoms with E-state index in [9.17, 15) is 25.0 Å². The fraction of sp³-hybridized carbons (Fsp3) is 0.0556. The zero-order chi connectivity index (χ0) is 18.8. The molecule has 0 heterocycles.